The van der Waals surface area contributed by atoms with Crippen LogP contribution in [0.5, 0.6) is 0 Å². The molecule has 2 aromatic rings. The number of piperidine rings is 1. The molecule has 5 rings (SSSR count). The van der Waals surface area contributed by atoms with Crippen LogP contribution in [0.2, 0.25) is 0 Å². The zero-order valence-electron chi connectivity index (χ0n) is 19.8. The van der Waals surface area contributed by atoms with Crippen LogP contribution >= 0.6 is 0 Å². The van der Waals surface area contributed by atoms with Crippen LogP contribution in [0.15, 0.2) is 54.6 Å². The maximum Gasteiger partial charge on any atom is 0.322 e. The SMILES string of the molecule is O=C(CCN1CCCCC1)N1CC=C(c2ccc(NC(=O)N3Cc4ccccc4C3)cc2)CC1. The second-order valence-electron chi connectivity index (χ2n) is 9.60. The molecule has 3 aliphatic heterocycles. The van der Waals surface area contributed by atoms with Gasteiger partial charge in [0.05, 0.1) is 0 Å². The van der Waals surface area contributed by atoms with Gasteiger partial charge in [0.15, 0.2) is 0 Å². The van der Waals surface area contributed by atoms with Crippen molar-refractivity contribution in [3.05, 3.63) is 71.3 Å². The van der Waals surface area contributed by atoms with Gasteiger partial charge in [-0.25, -0.2) is 4.79 Å². The first-order valence-electron chi connectivity index (χ1n) is 12.6. The Labute approximate surface area is 202 Å². The molecule has 0 aromatic heterocycles. The summed E-state index contributed by atoms with van der Waals surface area (Å²) in [6.45, 7) is 5.93. The summed E-state index contributed by atoms with van der Waals surface area (Å²) in [7, 11) is 0. The van der Waals surface area contributed by atoms with Crippen molar-refractivity contribution in [1.82, 2.24) is 14.7 Å². The lowest BCUT2D eigenvalue weighted by Crippen LogP contribution is -2.38. The van der Waals surface area contributed by atoms with Gasteiger partial charge in [-0.2, -0.15) is 0 Å². The molecular formula is C28H34N4O2. The van der Waals surface area contributed by atoms with Crippen molar-refractivity contribution in [1.29, 1.82) is 0 Å². The highest BCUT2D eigenvalue weighted by atomic mass is 16.2. The predicted octanol–water partition coefficient (Wildman–Crippen LogP) is 4.73. The first-order valence-corrected chi connectivity index (χ1v) is 12.6. The van der Waals surface area contributed by atoms with E-state index in [9.17, 15) is 9.59 Å². The highest BCUT2D eigenvalue weighted by molar-refractivity contribution is 5.90. The van der Waals surface area contributed by atoms with Crippen LogP contribution in [0.25, 0.3) is 5.57 Å². The Balaban J connectivity index is 1.10. The Morgan fingerprint density at radius 3 is 2.18 bits per heavy atom. The number of hydrogen-bond acceptors (Lipinski definition) is 3. The molecule has 1 N–H and O–H groups in total. The molecule has 0 radical (unpaired) electrons. The first kappa shape index (κ1) is 22.7. The number of urea groups is 1. The minimum absolute atomic E-state index is 0.0699. The summed E-state index contributed by atoms with van der Waals surface area (Å²) >= 11 is 0. The summed E-state index contributed by atoms with van der Waals surface area (Å²) in [5.74, 6) is 0.267. The summed E-state index contributed by atoms with van der Waals surface area (Å²) in [4.78, 5) is 31.6. The van der Waals surface area contributed by atoms with E-state index in [2.05, 4.69) is 40.6 Å². The summed E-state index contributed by atoms with van der Waals surface area (Å²) in [5, 5.41) is 3.02. The van der Waals surface area contributed by atoms with Crippen molar-refractivity contribution in [3.63, 3.8) is 0 Å². The molecule has 3 heterocycles. The molecule has 6 nitrogen and oxygen atoms in total. The average Bonchev–Trinajstić information content (AvgIpc) is 3.33. The Kier molecular flexibility index (Phi) is 6.95. The van der Waals surface area contributed by atoms with Crippen LogP contribution in [-0.4, -0.2) is 59.4 Å². The van der Waals surface area contributed by atoms with E-state index in [4.69, 9.17) is 0 Å². The summed E-state index contributed by atoms with van der Waals surface area (Å²) < 4.78 is 0. The van der Waals surface area contributed by atoms with Crippen LogP contribution in [0.3, 0.4) is 0 Å². The van der Waals surface area contributed by atoms with E-state index in [1.807, 2.05) is 34.1 Å². The van der Waals surface area contributed by atoms with Gasteiger partial charge in [-0.05, 0) is 66.7 Å². The molecule has 0 aliphatic carbocycles. The van der Waals surface area contributed by atoms with E-state index >= 15 is 0 Å². The smallest absolute Gasteiger partial charge is 0.322 e. The number of fused-ring (bicyclic) bond motifs is 1. The third-order valence-electron chi connectivity index (χ3n) is 7.29. The van der Waals surface area contributed by atoms with Crippen LogP contribution in [-0.2, 0) is 17.9 Å². The molecular weight excluding hydrogens is 424 g/mol. The minimum atomic E-state index is -0.0699. The van der Waals surface area contributed by atoms with Gasteiger partial charge in [0, 0.05) is 44.8 Å². The van der Waals surface area contributed by atoms with Gasteiger partial charge in [-0.1, -0.05) is 48.9 Å². The van der Waals surface area contributed by atoms with E-state index in [0.29, 0.717) is 26.1 Å². The van der Waals surface area contributed by atoms with E-state index < -0.39 is 0 Å². The van der Waals surface area contributed by atoms with Crippen LogP contribution < -0.4 is 5.32 Å². The monoisotopic (exact) mass is 458 g/mol. The number of hydrogen-bond donors (Lipinski definition) is 1. The van der Waals surface area contributed by atoms with Gasteiger partial charge in [-0.3, -0.25) is 4.79 Å². The predicted molar refractivity (Wildman–Crippen MR) is 135 cm³/mol. The van der Waals surface area contributed by atoms with E-state index in [1.165, 1.54) is 36.0 Å². The molecule has 0 spiro atoms. The lowest BCUT2D eigenvalue weighted by atomic mass is 9.99. The van der Waals surface area contributed by atoms with Crippen LogP contribution in [0.4, 0.5) is 10.5 Å². The van der Waals surface area contributed by atoms with Crippen molar-refractivity contribution in [3.8, 4) is 0 Å². The molecule has 3 aliphatic rings. The standard InChI is InChI=1S/C28H34N4O2/c33-27(14-17-30-15-4-1-5-16-30)31-18-12-23(13-19-31)22-8-10-26(11-9-22)29-28(34)32-20-24-6-2-3-7-25(24)21-32/h2-3,6-12H,1,4-5,13-21H2,(H,29,34). The fraction of sp³-hybridized carbons (Fsp3) is 0.429. The second-order valence-corrected chi connectivity index (χ2v) is 9.60. The second kappa shape index (κ2) is 10.4. The number of carbonyl (C=O) groups is 2. The molecule has 1 fully saturated rings. The van der Waals surface area contributed by atoms with Gasteiger partial charge in [-0.15, -0.1) is 0 Å². The first-order chi connectivity index (χ1) is 16.7. The van der Waals surface area contributed by atoms with Crippen molar-refractivity contribution >= 4 is 23.2 Å². The van der Waals surface area contributed by atoms with Crippen molar-refractivity contribution in [2.45, 2.75) is 45.2 Å². The number of amides is 3. The molecule has 6 heteroatoms. The molecule has 0 bridgehead atoms. The van der Waals surface area contributed by atoms with E-state index in [0.717, 1.165) is 43.9 Å². The largest absolute Gasteiger partial charge is 0.339 e. The van der Waals surface area contributed by atoms with Crippen molar-refractivity contribution in [2.75, 3.05) is 38.0 Å². The van der Waals surface area contributed by atoms with Gasteiger partial charge in [0.25, 0.3) is 0 Å². The zero-order valence-corrected chi connectivity index (χ0v) is 19.8. The van der Waals surface area contributed by atoms with Crippen LogP contribution in [0, 0.1) is 0 Å². The highest BCUT2D eigenvalue weighted by Gasteiger charge is 2.23. The number of rotatable bonds is 5. The molecule has 34 heavy (non-hydrogen) atoms. The average molecular weight is 459 g/mol. The van der Waals surface area contributed by atoms with E-state index in [-0.39, 0.29) is 11.9 Å². The summed E-state index contributed by atoms with van der Waals surface area (Å²) in [6, 6.07) is 16.2. The Morgan fingerprint density at radius 2 is 1.53 bits per heavy atom. The Hall–Kier alpha value is -3.12. The topological polar surface area (TPSA) is 55.9 Å². The van der Waals surface area contributed by atoms with Gasteiger partial charge in [0.1, 0.15) is 0 Å². The maximum absolute atomic E-state index is 12.7. The van der Waals surface area contributed by atoms with Crippen LogP contribution in [0.1, 0.15) is 48.8 Å². The molecule has 3 amide bonds. The normalized spacial score (nSPS) is 18.4. The summed E-state index contributed by atoms with van der Waals surface area (Å²) in [5.41, 5.74) is 5.67. The fourth-order valence-electron chi connectivity index (χ4n) is 5.20. The summed E-state index contributed by atoms with van der Waals surface area (Å²) in [6.07, 6.45) is 7.52. The maximum atomic E-state index is 12.7. The third kappa shape index (κ3) is 5.33. The van der Waals surface area contributed by atoms with Crippen molar-refractivity contribution < 1.29 is 9.59 Å². The molecule has 0 atom stereocenters. The molecule has 0 unspecified atom stereocenters. The highest BCUT2D eigenvalue weighted by Crippen LogP contribution is 2.26. The van der Waals surface area contributed by atoms with Gasteiger partial charge >= 0.3 is 6.03 Å². The number of carbonyl (C=O) groups excluding carboxylic acids is 2. The lowest BCUT2D eigenvalue weighted by Gasteiger charge is -2.29. The lowest BCUT2D eigenvalue weighted by molar-refractivity contribution is -0.131. The number of nitrogens with zero attached hydrogens (tertiary/aromatic N) is 3. The number of nitrogens with one attached hydrogen (secondary N) is 1. The molecule has 2 aromatic carbocycles. The van der Waals surface area contributed by atoms with E-state index in [1.54, 1.807) is 0 Å². The minimum Gasteiger partial charge on any atom is -0.339 e. The Bertz CT molecular complexity index is 1030. The quantitative estimate of drug-likeness (QED) is 0.705. The van der Waals surface area contributed by atoms with Gasteiger partial charge in [0.2, 0.25) is 5.91 Å². The fourth-order valence-corrected chi connectivity index (χ4v) is 5.20. The Morgan fingerprint density at radius 1 is 0.824 bits per heavy atom. The molecule has 178 valence electrons. The van der Waals surface area contributed by atoms with Gasteiger partial charge < -0.3 is 20.0 Å². The zero-order chi connectivity index (χ0) is 23.3. The third-order valence-corrected chi connectivity index (χ3v) is 7.29. The number of benzene rings is 2. The molecule has 1 saturated heterocycles. The number of likely N-dealkylation sites (tertiary alicyclic amines) is 1. The number of anilines is 1. The molecule has 0 saturated carbocycles. The van der Waals surface area contributed by atoms with Crippen molar-refractivity contribution in [2.24, 2.45) is 0 Å².